The molecule has 0 aliphatic heterocycles. The standard InChI is InChI=1S/C12H18N2O4/c1-9(4-6-15)13-11-3-2-10(5-7-16)12(8-11)14(17)18/h2-3,8-9,13,15-16H,4-7H2,1H3. The number of rotatable bonds is 7. The van der Waals surface area contributed by atoms with Crippen LogP contribution in [0.5, 0.6) is 0 Å². The lowest BCUT2D eigenvalue weighted by Crippen LogP contribution is -2.16. The number of hydrogen-bond acceptors (Lipinski definition) is 5. The zero-order valence-electron chi connectivity index (χ0n) is 10.3. The Kier molecular flexibility index (Phi) is 5.54. The minimum Gasteiger partial charge on any atom is -0.396 e. The third-order valence-corrected chi connectivity index (χ3v) is 2.64. The number of nitrogens with one attached hydrogen (secondary N) is 1. The first-order valence-corrected chi connectivity index (χ1v) is 5.84. The van der Waals surface area contributed by atoms with Crippen LogP contribution in [-0.4, -0.2) is 34.4 Å². The zero-order chi connectivity index (χ0) is 13.5. The smallest absolute Gasteiger partial charge is 0.274 e. The van der Waals surface area contributed by atoms with Crippen LogP contribution in [-0.2, 0) is 6.42 Å². The first kappa shape index (κ1) is 14.4. The van der Waals surface area contributed by atoms with Crippen LogP contribution in [0.1, 0.15) is 18.9 Å². The molecule has 0 saturated heterocycles. The summed E-state index contributed by atoms with van der Waals surface area (Å²) >= 11 is 0. The Morgan fingerprint density at radius 1 is 1.39 bits per heavy atom. The van der Waals surface area contributed by atoms with E-state index in [1.165, 1.54) is 6.07 Å². The Balaban J connectivity index is 2.89. The molecule has 0 fully saturated rings. The van der Waals surface area contributed by atoms with Crippen molar-refractivity contribution in [1.29, 1.82) is 0 Å². The van der Waals surface area contributed by atoms with Gasteiger partial charge in [-0.1, -0.05) is 6.07 Å². The summed E-state index contributed by atoms with van der Waals surface area (Å²) in [6, 6.07) is 4.88. The Labute approximate surface area is 105 Å². The fourth-order valence-corrected chi connectivity index (χ4v) is 1.71. The van der Waals surface area contributed by atoms with E-state index >= 15 is 0 Å². The monoisotopic (exact) mass is 254 g/mol. The highest BCUT2D eigenvalue weighted by molar-refractivity contribution is 5.55. The van der Waals surface area contributed by atoms with Crippen molar-refractivity contribution < 1.29 is 15.1 Å². The van der Waals surface area contributed by atoms with Crippen LogP contribution in [0.25, 0.3) is 0 Å². The molecule has 100 valence electrons. The topological polar surface area (TPSA) is 95.6 Å². The molecule has 0 radical (unpaired) electrons. The van der Waals surface area contributed by atoms with Gasteiger partial charge < -0.3 is 15.5 Å². The van der Waals surface area contributed by atoms with Crippen molar-refractivity contribution in [3.05, 3.63) is 33.9 Å². The molecule has 1 aromatic carbocycles. The molecule has 0 aliphatic carbocycles. The highest BCUT2D eigenvalue weighted by Gasteiger charge is 2.14. The Bertz CT molecular complexity index is 409. The molecule has 1 aromatic rings. The molecule has 0 spiro atoms. The SMILES string of the molecule is CC(CCO)Nc1ccc(CCO)c([N+](=O)[O-])c1. The second-order valence-corrected chi connectivity index (χ2v) is 4.13. The Morgan fingerprint density at radius 2 is 2.11 bits per heavy atom. The molecule has 6 heteroatoms. The second-order valence-electron chi connectivity index (χ2n) is 4.13. The molecule has 0 bridgehead atoms. The van der Waals surface area contributed by atoms with Gasteiger partial charge in [-0.05, 0) is 19.4 Å². The minimum atomic E-state index is -0.452. The summed E-state index contributed by atoms with van der Waals surface area (Å²) in [5.74, 6) is 0. The molecular formula is C12H18N2O4. The molecule has 18 heavy (non-hydrogen) atoms. The molecule has 1 unspecified atom stereocenters. The Morgan fingerprint density at radius 3 is 2.67 bits per heavy atom. The van der Waals surface area contributed by atoms with Crippen molar-refractivity contribution in [3.8, 4) is 0 Å². The molecule has 0 aliphatic rings. The first-order valence-electron chi connectivity index (χ1n) is 5.84. The quantitative estimate of drug-likeness (QED) is 0.503. The average molecular weight is 254 g/mol. The van der Waals surface area contributed by atoms with Crippen molar-refractivity contribution in [2.75, 3.05) is 18.5 Å². The molecule has 0 saturated carbocycles. The zero-order valence-corrected chi connectivity index (χ0v) is 10.3. The van der Waals surface area contributed by atoms with Gasteiger partial charge in [0.05, 0.1) is 4.92 Å². The Hall–Kier alpha value is -1.66. The van der Waals surface area contributed by atoms with Crippen molar-refractivity contribution in [3.63, 3.8) is 0 Å². The summed E-state index contributed by atoms with van der Waals surface area (Å²) in [5.41, 5.74) is 1.16. The number of aliphatic hydroxyl groups excluding tert-OH is 2. The summed E-state index contributed by atoms with van der Waals surface area (Å²) in [7, 11) is 0. The van der Waals surface area contributed by atoms with E-state index < -0.39 is 4.92 Å². The molecule has 6 nitrogen and oxygen atoms in total. The predicted octanol–water partition coefficient (Wildman–Crippen LogP) is 1.31. The summed E-state index contributed by atoms with van der Waals surface area (Å²) in [4.78, 5) is 10.5. The molecule has 0 heterocycles. The number of benzene rings is 1. The fourth-order valence-electron chi connectivity index (χ4n) is 1.71. The maximum Gasteiger partial charge on any atom is 0.274 e. The van der Waals surface area contributed by atoms with Crippen LogP contribution in [0.4, 0.5) is 11.4 Å². The van der Waals surface area contributed by atoms with Gasteiger partial charge in [0.25, 0.3) is 5.69 Å². The van der Waals surface area contributed by atoms with Crippen molar-refractivity contribution >= 4 is 11.4 Å². The van der Waals surface area contributed by atoms with E-state index in [1.807, 2.05) is 6.92 Å². The van der Waals surface area contributed by atoms with E-state index in [2.05, 4.69) is 5.32 Å². The van der Waals surface area contributed by atoms with Crippen LogP contribution in [0.2, 0.25) is 0 Å². The highest BCUT2D eigenvalue weighted by atomic mass is 16.6. The van der Waals surface area contributed by atoms with Crippen LogP contribution in [0, 0.1) is 10.1 Å². The van der Waals surface area contributed by atoms with Gasteiger partial charge in [-0.3, -0.25) is 10.1 Å². The van der Waals surface area contributed by atoms with Crippen molar-refractivity contribution in [2.24, 2.45) is 0 Å². The number of nitro benzene ring substituents is 1. The maximum atomic E-state index is 10.9. The van der Waals surface area contributed by atoms with E-state index in [0.717, 1.165) is 0 Å². The number of nitro groups is 1. The second kappa shape index (κ2) is 6.93. The van der Waals surface area contributed by atoms with Gasteiger partial charge in [-0.2, -0.15) is 0 Å². The summed E-state index contributed by atoms with van der Waals surface area (Å²) in [6.45, 7) is 1.84. The van der Waals surface area contributed by atoms with E-state index in [-0.39, 0.29) is 31.4 Å². The summed E-state index contributed by atoms with van der Waals surface area (Å²) < 4.78 is 0. The van der Waals surface area contributed by atoms with E-state index in [4.69, 9.17) is 10.2 Å². The number of hydrogen-bond donors (Lipinski definition) is 3. The fraction of sp³-hybridized carbons (Fsp3) is 0.500. The van der Waals surface area contributed by atoms with E-state index in [0.29, 0.717) is 17.7 Å². The summed E-state index contributed by atoms with van der Waals surface area (Å²) in [6.07, 6.45) is 0.842. The lowest BCUT2D eigenvalue weighted by Gasteiger charge is -2.14. The third-order valence-electron chi connectivity index (χ3n) is 2.64. The largest absolute Gasteiger partial charge is 0.396 e. The van der Waals surface area contributed by atoms with Crippen LogP contribution in [0.3, 0.4) is 0 Å². The number of nitrogens with zero attached hydrogens (tertiary/aromatic N) is 1. The molecular weight excluding hydrogens is 236 g/mol. The molecule has 0 aromatic heterocycles. The van der Waals surface area contributed by atoms with Gasteiger partial charge in [0.1, 0.15) is 0 Å². The van der Waals surface area contributed by atoms with Crippen LogP contribution >= 0.6 is 0 Å². The van der Waals surface area contributed by atoms with Crippen molar-refractivity contribution in [2.45, 2.75) is 25.8 Å². The molecule has 0 amide bonds. The normalized spacial score (nSPS) is 12.2. The van der Waals surface area contributed by atoms with Crippen LogP contribution in [0.15, 0.2) is 18.2 Å². The van der Waals surface area contributed by atoms with Gasteiger partial charge in [-0.25, -0.2) is 0 Å². The maximum absolute atomic E-state index is 10.9. The van der Waals surface area contributed by atoms with Gasteiger partial charge in [0, 0.05) is 43.0 Å². The van der Waals surface area contributed by atoms with Crippen molar-refractivity contribution in [1.82, 2.24) is 0 Å². The molecule has 1 atom stereocenters. The van der Waals surface area contributed by atoms with Gasteiger partial charge >= 0.3 is 0 Å². The van der Waals surface area contributed by atoms with Gasteiger partial charge in [0.2, 0.25) is 0 Å². The predicted molar refractivity (Wildman–Crippen MR) is 68.7 cm³/mol. The third kappa shape index (κ3) is 3.97. The summed E-state index contributed by atoms with van der Waals surface area (Å²) in [5, 5.41) is 31.6. The lowest BCUT2D eigenvalue weighted by molar-refractivity contribution is -0.385. The minimum absolute atomic E-state index is 0.00486. The van der Waals surface area contributed by atoms with Gasteiger partial charge in [0.15, 0.2) is 0 Å². The van der Waals surface area contributed by atoms with E-state index in [1.54, 1.807) is 12.1 Å². The number of anilines is 1. The molecule has 1 rings (SSSR count). The average Bonchev–Trinajstić information content (AvgIpc) is 2.31. The lowest BCUT2D eigenvalue weighted by atomic mass is 10.1. The van der Waals surface area contributed by atoms with Gasteiger partial charge in [-0.15, -0.1) is 0 Å². The highest BCUT2D eigenvalue weighted by Crippen LogP contribution is 2.24. The van der Waals surface area contributed by atoms with Crippen LogP contribution < -0.4 is 5.32 Å². The van der Waals surface area contributed by atoms with E-state index in [9.17, 15) is 10.1 Å². The first-order chi connectivity index (χ1) is 8.58. The number of aliphatic hydroxyl groups is 2. The molecule has 3 N–H and O–H groups in total.